The SMILES string of the molecule is COc1ccc(CNC2CC(O)C2)cn1. The van der Waals surface area contributed by atoms with E-state index in [-0.39, 0.29) is 6.10 Å². The Morgan fingerprint density at radius 2 is 2.33 bits per heavy atom. The van der Waals surface area contributed by atoms with Gasteiger partial charge in [-0.25, -0.2) is 4.98 Å². The number of aliphatic hydroxyl groups excluding tert-OH is 1. The van der Waals surface area contributed by atoms with Gasteiger partial charge in [0, 0.05) is 24.8 Å². The predicted octanol–water partition coefficient (Wildman–Crippen LogP) is 0.703. The normalized spacial score (nSPS) is 24.7. The monoisotopic (exact) mass is 208 g/mol. The van der Waals surface area contributed by atoms with Crippen LogP contribution in [0.25, 0.3) is 0 Å². The number of hydrogen-bond acceptors (Lipinski definition) is 4. The summed E-state index contributed by atoms with van der Waals surface area (Å²) in [6.07, 6.45) is 3.44. The van der Waals surface area contributed by atoms with Crippen molar-refractivity contribution in [2.24, 2.45) is 0 Å². The van der Waals surface area contributed by atoms with Gasteiger partial charge >= 0.3 is 0 Å². The van der Waals surface area contributed by atoms with Gasteiger partial charge in [0.05, 0.1) is 13.2 Å². The number of methoxy groups -OCH3 is 1. The molecule has 1 aliphatic rings. The molecule has 0 aromatic carbocycles. The van der Waals surface area contributed by atoms with Crippen LogP contribution in [0.5, 0.6) is 5.88 Å². The van der Waals surface area contributed by atoms with E-state index >= 15 is 0 Å². The van der Waals surface area contributed by atoms with Crippen molar-refractivity contribution in [3.63, 3.8) is 0 Å². The van der Waals surface area contributed by atoms with E-state index in [1.807, 2.05) is 12.1 Å². The van der Waals surface area contributed by atoms with Crippen LogP contribution < -0.4 is 10.1 Å². The number of hydrogen-bond donors (Lipinski definition) is 2. The van der Waals surface area contributed by atoms with Gasteiger partial charge in [-0.1, -0.05) is 6.07 Å². The van der Waals surface area contributed by atoms with Crippen LogP contribution in [0.2, 0.25) is 0 Å². The third-order valence-electron chi connectivity index (χ3n) is 2.71. The Hall–Kier alpha value is -1.13. The number of nitrogens with zero attached hydrogens (tertiary/aromatic N) is 1. The molecule has 0 radical (unpaired) electrons. The molecular formula is C11H16N2O2. The lowest BCUT2D eigenvalue weighted by Gasteiger charge is -2.32. The van der Waals surface area contributed by atoms with Crippen molar-refractivity contribution in [3.05, 3.63) is 23.9 Å². The summed E-state index contributed by atoms with van der Waals surface area (Å²) in [7, 11) is 1.61. The van der Waals surface area contributed by atoms with Crippen LogP contribution >= 0.6 is 0 Å². The van der Waals surface area contributed by atoms with Crippen molar-refractivity contribution in [1.82, 2.24) is 10.3 Å². The molecule has 0 aliphatic heterocycles. The van der Waals surface area contributed by atoms with Crippen LogP contribution in [0.15, 0.2) is 18.3 Å². The lowest BCUT2D eigenvalue weighted by Crippen LogP contribution is -2.43. The number of aromatic nitrogens is 1. The molecule has 0 spiro atoms. The molecule has 0 atom stereocenters. The van der Waals surface area contributed by atoms with Crippen molar-refractivity contribution in [2.45, 2.75) is 31.5 Å². The van der Waals surface area contributed by atoms with E-state index < -0.39 is 0 Å². The molecule has 2 rings (SSSR count). The van der Waals surface area contributed by atoms with Crippen molar-refractivity contribution in [2.75, 3.05) is 7.11 Å². The highest BCUT2D eigenvalue weighted by Crippen LogP contribution is 2.19. The fourth-order valence-corrected chi connectivity index (χ4v) is 1.65. The van der Waals surface area contributed by atoms with Crippen LogP contribution in [0.1, 0.15) is 18.4 Å². The fraction of sp³-hybridized carbons (Fsp3) is 0.545. The van der Waals surface area contributed by atoms with Crippen molar-refractivity contribution in [1.29, 1.82) is 0 Å². The average Bonchev–Trinajstić information content (AvgIpc) is 2.23. The van der Waals surface area contributed by atoms with Crippen LogP contribution in [-0.4, -0.2) is 29.3 Å². The van der Waals surface area contributed by atoms with Gasteiger partial charge < -0.3 is 15.2 Å². The van der Waals surface area contributed by atoms with E-state index in [0.29, 0.717) is 11.9 Å². The Labute approximate surface area is 89.3 Å². The lowest BCUT2D eigenvalue weighted by atomic mass is 9.89. The van der Waals surface area contributed by atoms with Crippen molar-refractivity contribution < 1.29 is 9.84 Å². The van der Waals surface area contributed by atoms with Gasteiger partial charge in [-0.05, 0) is 18.4 Å². The molecule has 4 nitrogen and oxygen atoms in total. The number of nitrogens with one attached hydrogen (secondary N) is 1. The standard InChI is InChI=1S/C11H16N2O2/c1-15-11-3-2-8(7-13-11)6-12-9-4-10(14)5-9/h2-3,7,9-10,12,14H,4-6H2,1H3. The summed E-state index contributed by atoms with van der Waals surface area (Å²) in [5.41, 5.74) is 1.14. The molecule has 4 heteroatoms. The summed E-state index contributed by atoms with van der Waals surface area (Å²) in [5, 5.41) is 12.5. The molecule has 1 saturated carbocycles. The molecule has 1 fully saturated rings. The smallest absolute Gasteiger partial charge is 0.212 e. The molecule has 1 aromatic rings. The number of rotatable bonds is 4. The van der Waals surface area contributed by atoms with Crippen molar-refractivity contribution >= 4 is 0 Å². The summed E-state index contributed by atoms with van der Waals surface area (Å²) >= 11 is 0. The quantitative estimate of drug-likeness (QED) is 0.765. The second-order valence-electron chi connectivity index (χ2n) is 3.91. The molecule has 1 aromatic heterocycles. The molecule has 1 aliphatic carbocycles. The van der Waals surface area contributed by atoms with Gasteiger partial charge in [0.2, 0.25) is 5.88 Å². The first-order chi connectivity index (χ1) is 7.28. The minimum Gasteiger partial charge on any atom is -0.481 e. The maximum atomic E-state index is 9.11. The average molecular weight is 208 g/mol. The van der Waals surface area contributed by atoms with E-state index in [2.05, 4.69) is 10.3 Å². The Bertz CT molecular complexity index is 307. The van der Waals surface area contributed by atoms with E-state index in [9.17, 15) is 0 Å². The number of ether oxygens (including phenoxy) is 1. The van der Waals surface area contributed by atoms with E-state index in [0.717, 1.165) is 24.9 Å². The number of aliphatic hydroxyl groups is 1. The summed E-state index contributed by atoms with van der Waals surface area (Å²) in [6, 6.07) is 4.31. The molecule has 2 N–H and O–H groups in total. The van der Waals surface area contributed by atoms with Gasteiger partial charge in [0.1, 0.15) is 0 Å². The summed E-state index contributed by atoms with van der Waals surface area (Å²) < 4.78 is 4.98. The van der Waals surface area contributed by atoms with Crippen LogP contribution in [-0.2, 0) is 6.54 Å². The highest BCUT2D eigenvalue weighted by molar-refractivity contribution is 5.17. The number of pyridine rings is 1. The molecule has 0 saturated heterocycles. The summed E-state index contributed by atoms with van der Waals surface area (Å²) in [5.74, 6) is 0.637. The Morgan fingerprint density at radius 1 is 1.53 bits per heavy atom. The third kappa shape index (κ3) is 2.67. The minimum absolute atomic E-state index is 0.100. The molecule has 15 heavy (non-hydrogen) atoms. The van der Waals surface area contributed by atoms with E-state index in [1.165, 1.54) is 0 Å². The van der Waals surface area contributed by atoms with Gasteiger partial charge in [-0.3, -0.25) is 0 Å². The van der Waals surface area contributed by atoms with Gasteiger partial charge in [0.15, 0.2) is 0 Å². The highest BCUT2D eigenvalue weighted by Gasteiger charge is 2.26. The molecule has 82 valence electrons. The van der Waals surface area contributed by atoms with Crippen LogP contribution in [0, 0.1) is 0 Å². The zero-order valence-corrected chi connectivity index (χ0v) is 8.81. The van der Waals surface area contributed by atoms with Gasteiger partial charge in [-0.2, -0.15) is 0 Å². The molecule has 0 amide bonds. The summed E-state index contributed by atoms with van der Waals surface area (Å²) in [6.45, 7) is 0.800. The Kier molecular flexibility index (Phi) is 3.18. The van der Waals surface area contributed by atoms with E-state index in [4.69, 9.17) is 9.84 Å². The Balaban J connectivity index is 1.78. The second kappa shape index (κ2) is 4.59. The second-order valence-corrected chi connectivity index (χ2v) is 3.91. The van der Waals surface area contributed by atoms with Gasteiger partial charge in [0.25, 0.3) is 0 Å². The third-order valence-corrected chi connectivity index (χ3v) is 2.71. The van der Waals surface area contributed by atoms with Crippen LogP contribution in [0.3, 0.4) is 0 Å². The maximum Gasteiger partial charge on any atom is 0.212 e. The lowest BCUT2D eigenvalue weighted by molar-refractivity contribution is 0.0619. The zero-order chi connectivity index (χ0) is 10.7. The molecule has 0 unspecified atom stereocenters. The first-order valence-electron chi connectivity index (χ1n) is 5.18. The zero-order valence-electron chi connectivity index (χ0n) is 8.81. The first-order valence-corrected chi connectivity index (χ1v) is 5.18. The van der Waals surface area contributed by atoms with Crippen LogP contribution in [0.4, 0.5) is 0 Å². The maximum absolute atomic E-state index is 9.11. The Morgan fingerprint density at radius 3 is 2.87 bits per heavy atom. The fourth-order valence-electron chi connectivity index (χ4n) is 1.65. The summed E-state index contributed by atoms with van der Waals surface area (Å²) in [4.78, 5) is 4.12. The first kappa shape index (κ1) is 10.4. The predicted molar refractivity (Wildman–Crippen MR) is 56.7 cm³/mol. The van der Waals surface area contributed by atoms with Gasteiger partial charge in [-0.15, -0.1) is 0 Å². The molecular weight excluding hydrogens is 192 g/mol. The topological polar surface area (TPSA) is 54.4 Å². The molecule has 0 bridgehead atoms. The largest absolute Gasteiger partial charge is 0.481 e. The molecule has 1 heterocycles. The van der Waals surface area contributed by atoms with E-state index in [1.54, 1.807) is 13.3 Å². The minimum atomic E-state index is -0.100. The van der Waals surface area contributed by atoms with Crippen molar-refractivity contribution in [3.8, 4) is 5.88 Å². The highest BCUT2D eigenvalue weighted by atomic mass is 16.5.